The molecule has 0 saturated heterocycles. The molecule has 168 valence electrons. The maximum Gasteiger partial charge on any atom is 0.407 e. The number of ether oxygens (including phenoxy) is 1. The molecule has 1 unspecified atom stereocenters. The van der Waals surface area contributed by atoms with E-state index in [2.05, 4.69) is 22.8 Å². The van der Waals surface area contributed by atoms with Gasteiger partial charge in [0.15, 0.2) is 0 Å². The predicted octanol–water partition coefficient (Wildman–Crippen LogP) is 3.67. The zero-order valence-electron chi connectivity index (χ0n) is 18.0. The summed E-state index contributed by atoms with van der Waals surface area (Å²) in [6.07, 6.45) is 1.90. The molecular weight excluding hydrogens is 408 g/mol. The first-order chi connectivity index (χ1) is 15.4. The number of rotatable bonds is 6. The summed E-state index contributed by atoms with van der Waals surface area (Å²) in [5.74, 6) is -1.64. The number of alkyl carbamates (subject to hydrolysis) is 1. The van der Waals surface area contributed by atoms with E-state index in [4.69, 9.17) is 4.74 Å². The van der Waals surface area contributed by atoms with Crippen LogP contribution in [-0.4, -0.2) is 41.8 Å². The summed E-state index contributed by atoms with van der Waals surface area (Å²) in [5.41, 5.74) is 4.55. The molecular formula is C25H28N2O5. The highest BCUT2D eigenvalue weighted by atomic mass is 16.5. The van der Waals surface area contributed by atoms with Gasteiger partial charge >= 0.3 is 12.1 Å². The fourth-order valence-corrected chi connectivity index (χ4v) is 4.75. The van der Waals surface area contributed by atoms with Gasteiger partial charge in [-0.1, -0.05) is 55.0 Å². The maximum atomic E-state index is 12.5. The number of hydrogen-bond donors (Lipinski definition) is 3. The molecule has 32 heavy (non-hydrogen) atoms. The first-order valence-electron chi connectivity index (χ1n) is 11.1. The zero-order chi connectivity index (χ0) is 22.7. The maximum absolute atomic E-state index is 12.5. The second-order valence-corrected chi connectivity index (χ2v) is 8.60. The Kier molecular flexibility index (Phi) is 6.44. The topological polar surface area (TPSA) is 105 Å². The molecule has 1 fully saturated rings. The first-order valence-corrected chi connectivity index (χ1v) is 11.1. The van der Waals surface area contributed by atoms with Crippen LogP contribution < -0.4 is 10.6 Å². The molecule has 2 aromatic carbocycles. The Morgan fingerprint density at radius 3 is 2.28 bits per heavy atom. The molecule has 4 rings (SSSR count). The van der Waals surface area contributed by atoms with Crippen molar-refractivity contribution in [1.82, 2.24) is 10.6 Å². The number of carbonyl (C=O) groups is 3. The molecule has 2 aliphatic carbocycles. The quantitative estimate of drug-likeness (QED) is 0.641. The average molecular weight is 437 g/mol. The summed E-state index contributed by atoms with van der Waals surface area (Å²) in [6.45, 7) is 1.77. The van der Waals surface area contributed by atoms with Gasteiger partial charge in [-0.3, -0.25) is 9.59 Å². The third-order valence-electron chi connectivity index (χ3n) is 6.44. The first kappa shape index (κ1) is 21.9. The molecule has 7 nitrogen and oxygen atoms in total. The van der Waals surface area contributed by atoms with E-state index in [0.29, 0.717) is 12.8 Å². The lowest BCUT2D eigenvalue weighted by Crippen LogP contribution is -2.49. The number of carboxylic acid groups (broad SMARTS) is 1. The third kappa shape index (κ3) is 4.61. The van der Waals surface area contributed by atoms with Crippen molar-refractivity contribution in [3.63, 3.8) is 0 Å². The van der Waals surface area contributed by atoms with Crippen LogP contribution in [0, 0.1) is 5.92 Å². The molecule has 2 aromatic rings. The lowest BCUT2D eigenvalue weighted by Gasteiger charge is -2.28. The highest BCUT2D eigenvalue weighted by Gasteiger charge is 2.31. The SMILES string of the molecule is CC(NC(=O)OCC1c2ccccc2-c2ccccc21)C(=O)N[C@H]1CCC[C@@H](C(=O)O)C1. The molecule has 0 heterocycles. The smallest absolute Gasteiger partial charge is 0.407 e. The highest BCUT2D eigenvalue weighted by Crippen LogP contribution is 2.44. The third-order valence-corrected chi connectivity index (χ3v) is 6.44. The average Bonchev–Trinajstić information content (AvgIpc) is 3.11. The second kappa shape index (κ2) is 9.42. The van der Waals surface area contributed by atoms with Crippen molar-refractivity contribution >= 4 is 18.0 Å². The minimum atomic E-state index is -0.825. The van der Waals surface area contributed by atoms with Crippen molar-refractivity contribution in [1.29, 1.82) is 0 Å². The van der Waals surface area contributed by atoms with Crippen LogP contribution in [0.15, 0.2) is 48.5 Å². The van der Waals surface area contributed by atoms with Crippen LogP contribution in [0.25, 0.3) is 11.1 Å². The molecule has 2 amide bonds. The number of amides is 2. The lowest BCUT2D eigenvalue weighted by atomic mass is 9.85. The number of hydrogen-bond acceptors (Lipinski definition) is 4. The van der Waals surface area contributed by atoms with Gasteiger partial charge in [0.05, 0.1) is 5.92 Å². The van der Waals surface area contributed by atoms with Crippen LogP contribution >= 0.6 is 0 Å². The van der Waals surface area contributed by atoms with Crippen LogP contribution in [0.4, 0.5) is 4.79 Å². The van der Waals surface area contributed by atoms with E-state index in [1.165, 1.54) is 0 Å². The lowest BCUT2D eigenvalue weighted by molar-refractivity contribution is -0.143. The Hall–Kier alpha value is -3.35. The summed E-state index contributed by atoms with van der Waals surface area (Å²) in [6, 6.07) is 15.2. The monoisotopic (exact) mass is 436 g/mol. The second-order valence-electron chi connectivity index (χ2n) is 8.60. The number of carboxylic acids is 1. The van der Waals surface area contributed by atoms with Crippen molar-refractivity contribution in [2.75, 3.05) is 6.61 Å². The zero-order valence-corrected chi connectivity index (χ0v) is 18.0. The van der Waals surface area contributed by atoms with E-state index in [-0.39, 0.29) is 24.5 Å². The van der Waals surface area contributed by atoms with Crippen molar-refractivity contribution in [3.8, 4) is 11.1 Å². The van der Waals surface area contributed by atoms with Gasteiger partial charge in [0, 0.05) is 12.0 Å². The molecule has 3 atom stereocenters. The van der Waals surface area contributed by atoms with Crippen molar-refractivity contribution in [3.05, 3.63) is 59.7 Å². The Morgan fingerprint density at radius 2 is 1.66 bits per heavy atom. The number of fused-ring (bicyclic) bond motifs is 3. The van der Waals surface area contributed by atoms with E-state index < -0.39 is 24.0 Å². The standard InChI is InChI=1S/C25H28N2O5/c1-15(23(28)27-17-8-6-7-16(13-17)24(29)30)26-25(31)32-14-22-20-11-4-2-9-18(20)19-10-3-5-12-21(19)22/h2-5,9-12,15-17,22H,6-8,13-14H2,1H3,(H,26,31)(H,27,28)(H,29,30)/t15?,16-,17+/m1/s1. The van der Waals surface area contributed by atoms with E-state index in [9.17, 15) is 19.5 Å². The summed E-state index contributed by atoms with van der Waals surface area (Å²) in [7, 11) is 0. The van der Waals surface area contributed by atoms with Crippen LogP contribution in [0.5, 0.6) is 0 Å². The van der Waals surface area contributed by atoms with Gasteiger partial charge in [-0.05, 0) is 48.4 Å². The largest absolute Gasteiger partial charge is 0.481 e. The fourth-order valence-electron chi connectivity index (χ4n) is 4.75. The molecule has 1 saturated carbocycles. The molecule has 0 bridgehead atoms. The van der Waals surface area contributed by atoms with Crippen molar-refractivity contribution in [2.24, 2.45) is 5.92 Å². The summed E-state index contributed by atoms with van der Waals surface area (Å²) in [4.78, 5) is 36.1. The van der Waals surface area contributed by atoms with Gasteiger partial charge in [0.25, 0.3) is 0 Å². The van der Waals surface area contributed by atoms with Gasteiger partial charge in [-0.2, -0.15) is 0 Å². The normalized spacial score (nSPS) is 20.5. The molecule has 0 spiro atoms. The van der Waals surface area contributed by atoms with Gasteiger partial charge in [-0.15, -0.1) is 0 Å². The summed E-state index contributed by atoms with van der Waals surface area (Å²) in [5, 5.41) is 14.6. The Morgan fingerprint density at radius 1 is 1.03 bits per heavy atom. The van der Waals surface area contributed by atoms with Crippen LogP contribution in [0.1, 0.15) is 49.7 Å². The van der Waals surface area contributed by atoms with Gasteiger partial charge in [0.1, 0.15) is 12.6 Å². The van der Waals surface area contributed by atoms with Crippen molar-refractivity contribution in [2.45, 2.75) is 50.6 Å². The predicted molar refractivity (Wildman–Crippen MR) is 119 cm³/mol. The summed E-state index contributed by atoms with van der Waals surface area (Å²) >= 11 is 0. The highest BCUT2D eigenvalue weighted by molar-refractivity contribution is 5.85. The van der Waals surface area contributed by atoms with Crippen LogP contribution in [-0.2, 0) is 14.3 Å². The molecule has 0 aliphatic heterocycles. The van der Waals surface area contributed by atoms with Gasteiger partial charge in [0.2, 0.25) is 5.91 Å². The van der Waals surface area contributed by atoms with Crippen molar-refractivity contribution < 1.29 is 24.2 Å². The number of aliphatic carboxylic acids is 1. The molecule has 0 aromatic heterocycles. The van der Waals surface area contributed by atoms with Gasteiger partial charge < -0.3 is 20.5 Å². The number of nitrogens with one attached hydrogen (secondary N) is 2. The summed E-state index contributed by atoms with van der Waals surface area (Å²) < 4.78 is 5.49. The molecule has 0 radical (unpaired) electrons. The molecule has 7 heteroatoms. The Bertz CT molecular complexity index is 975. The number of benzene rings is 2. The van der Waals surface area contributed by atoms with E-state index >= 15 is 0 Å². The Labute approximate surface area is 187 Å². The molecule has 3 N–H and O–H groups in total. The fraction of sp³-hybridized carbons (Fsp3) is 0.400. The number of carbonyl (C=O) groups excluding carboxylic acids is 2. The molecule has 2 aliphatic rings. The van der Waals surface area contributed by atoms with E-state index in [1.54, 1.807) is 6.92 Å². The minimum Gasteiger partial charge on any atom is -0.481 e. The van der Waals surface area contributed by atoms with Gasteiger partial charge in [-0.25, -0.2) is 4.79 Å². The van der Waals surface area contributed by atoms with E-state index in [1.807, 2.05) is 36.4 Å². The minimum absolute atomic E-state index is 0.0486. The Balaban J connectivity index is 1.30. The van der Waals surface area contributed by atoms with E-state index in [0.717, 1.165) is 35.1 Å². The van der Waals surface area contributed by atoms with Crippen LogP contribution in [0.2, 0.25) is 0 Å². The van der Waals surface area contributed by atoms with Crippen LogP contribution in [0.3, 0.4) is 0 Å².